The lowest BCUT2D eigenvalue weighted by atomic mass is 10.0. The van der Waals surface area contributed by atoms with Crippen LogP contribution in [0.5, 0.6) is 0 Å². The van der Waals surface area contributed by atoms with E-state index in [0.717, 1.165) is 47.5 Å². The molecule has 3 nitrogen and oxygen atoms in total. The molecule has 0 amide bonds. The first-order valence-electron chi connectivity index (χ1n) is 9.71. The fourth-order valence-corrected chi connectivity index (χ4v) is 5.98. The number of hydrogen-bond donors (Lipinski definition) is 1. The predicted molar refractivity (Wildman–Crippen MR) is 127 cm³/mol. The van der Waals surface area contributed by atoms with Gasteiger partial charge in [-0.3, -0.25) is 0 Å². The van der Waals surface area contributed by atoms with Crippen LogP contribution in [0.2, 0.25) is 10.0 Å². The van der Waals surface area contributed by atoms with E-state index in [1.54, 1.807) is 23.1 Å². The van der Waals surface area contributed by atoms with Crippen molar-refractivity contribution in [1.82, 2.24) is 10.3 Å². The Kier molecular flexibility index (Phi) is 6.72. The van der Waals surface area contributed by atoms with Crippen LogP contribution in [0.15, 0.2) is 51.6 Å². The van der Waals surface area contributed by atoms with Crippen LogP contribution in [0.1, 0.15) is 25.3 Å². The Morgan fingerprint density at radius 1 is 1.03 bits per heavy atom. The number of anilines is 1. The molecular formula is C22H23Cl2N3S2. The molecule has 3 aromatic rings. The Bertz CT molecular complexity index is 997. The number of hydrogen-bond acceptors (Lipinski definition) is 5. The molecule has 1 aliphatic rings. The van der Waals surface area contributed by atoms with Gasteiger partial charge in [0.1, 0.15) is 0 Å². The highest BCUT2D eigenvalue weighted by molar-refractivity contribution is 7.99. The average molecular weight is 464 g/mol. The third kappa shape index (κ3) is 4.59. The average Bonchev–Trinajstić information content (AvgIpc) is 3.22. The summed E-state index contributed by atoms with van der Waals surface area (Å²) >= 11 is 16.7. The summed E-state index contributed by atoms with van der Waals surface area (Å²) in [5, 5.41) is 7.63. The summed E-state index contributed by atoms with van der Waals surface area (Å²) in [6.07, 6.45) is 0. The molecule has 29 heavy (non-hydrogen) atoms. The third-order valence-corrected chi connectivity index (χ3v) is 8.01. The minimum atomic E-state index is 0.450. The topological polar surface area (TPSA) is 28.2 Å². The first kappa shape index (κ1) is 21.0. The molecule has 2 aromatic carbocycles. The molecule has 1 saturated heterocycles. The minimum Gasteiger partial charge on any atom is -0.346 e. The first-order chi connectivity index (χ1) is 14.0. The van der Waals surface area contributed by atoms with Crippen LogP contribution in [0.3, 0.4) is 0 Å². The van der Waals surface area contributed by atoms with Crippen LogP contribution < -0.4 is 10.2 Å². The van der Waals surface area contributed by atoms with Crippen LogP contribution >= 0.6 is 46.3 Å². The molecule has 0 radical (unpaired) electrons. The molecule has 152 valence electrons. The number of nitrogens with zero attached hydrogens (tertiary/aromatic N) is 2. The SMILES string of the molecule is CC(C)c1ccccc1Sc1ccc(-c2csc(N3CCNCC3)n2)c(Cl)c1Cl. The Morgan fingerprint density at radius 2 is 1.79 bits per heavy atom. The summed E-state index contributed by atoms with van der Waals surface area (Å²) in [7, 11) is 0. The van der Waals surface area contributed by atoms with E-state index in [2.05, 4.69) is 59.8 Å². The van der Waals surface area contributed by atoms with Gasteiger partial charge in [-0.1, -0.05) is 73.1 Å². The van der Waals surface area contributed by atoms with Gasteiger partial charge in [0, 0.05) is 46.9 Å². The maximum absolute atomic E-state index is 6.69. The zero-order valence-corrected chi connectivity index (χ0v) is 19.6. The van der Waals surface area contributed by atoms with Gasteiger partial charge < -0.3 is 10.2 Å². The molecule has 0 unspecified atom stereocenters. The van der Waals surface area contributed by atoms with Crippen LogP contribution in [0, 0.1) is 0 Å². The van der Waals surface area contributed by atoms with Crippen molar-refractivity contribution in [1.29, 1.82) is 0 Å². The summed E-state index contributed by atoms with van der Waals surface area (Å²) in [6.45, 7) is 8.35. The molecule has 0 aliphatic carbocycles. The summed E-state index contributed by atoms with van der Waals surface area (Å²) in [4.78, 5) is 9.31. The van der Waals surface area contributed by atoms with Crippen LogP contribution in [0.25, 0.3) is 11.3 Å². The van der Waals surface area contributed by atoms with Gasteiger partial charge in [0.25, 0.3) is 0 Å². The van der Waals surface area contributed by atoms with Gasteiger partial charge >= 0.3 is 0 Å². The number of rotatable bonds is 5. The second-order valence-electron chi connectivity index (χ2n) is 7.29. The molecule has 0 atom stereocenters. The third-order valence-electron chi connectivity index (χ3n) is 4.96. The van der Waals surface area contributed by atoms with Crippen molar-refractivity contribution in [3.8, 4) is 11.3 Å². The minimum absolute atomic E-state index is 0.450. The molecule has 1 aromatic heterocycles. The molecule has 0 spiro atoms. The van der Waals surface area contributed by atoms with E-state index in [0.29, 0.717) is 16.0 Å². The fourth-order valence-electron chi connectivity index (χ4n) is 3.37. The Balaban J connectivity index is 1.61. The van der Waals surface area contributed by atoms with E-state index in [1.165, 1.54) is 10.5 Å². The van der Waals surface area contributed by atoms with Gasteiger partial charge in [0.15, 0.2) is 5.13 Å². The van der Waals surface area contributed by atoms with Gasteiger partial charge in [0.2, 0.25) is 0 Å². The highest BCUT2D eigenvalue weighted by atomic mass is 35.5. The maximum Gasteiger partial charge on any atom is 0.185 e. The Morgan fingerprint density at radius 3 is 2.55 bits per heavy atom. The number of nitrogens with one attached hydrogen (secondary N) is 1. The lowest BCUT2D eigenvalue weighted by Gasteiger charge is -2.26. The molecule has 4 rings (SSSR count). The van der Waals surface area contributed by atoms with Crippen molar-refractivity contribution in [2.75, 3.05) is 31.1 Å². The van der Waals surface area contributed by atoms with Gasteiger partial charge in [-0.15, -0.1) is 11.3 Å². The number of halogens is 2. The standard InChI is InChI=1S/C22H23Cl2N3S2/c1-14(2)15-5-3-4-6-18(15)29-19-8-7-16(20(23)21(19)24)17-13-28-22(26-17)27-11-9-25-10-12-27/h3-8,13-14,25H,9-12H2,1-2H3. The summed E-state index contributed by atoms with van der Waals surface area (Å²) in [5.74, 6) is 0.450. The van der Waals surface area contributed by atoms with Crippen molar-refractivity contribution < 1.29 is 0 Å². The Hall–Kier alpha value is -1.24. The van der Waals surface area contributed by atoms with Crippen molar-refractivity contribution in [3.05, 3.63) is 57.4 Å². The molecule has 7 heteroatoms. The second-order valence-corrected chi connectivity index (χ2v) is 9.96. The van der Waals surface area contributed by atoms with Crippen LogP contribution in [-0.2, 0) is 0 Å². The van der Waals surface area contributed by atoms with E-state index in [-0.39, 0.29) is 0 Å². The van der Waals surface area contributed by atoms with E-state index in [4.69, 9.17) is 28.2 Å². The quantitative estimate of drug-likeness (QED) is 0.450. The monoisotopic (exact) mass is 463 g/mol. The number of thiazole rings is 1. The zero-order chi connectivity index (χ0) is 20.4. The summed E-state index contributed by atoms with van der Waals surface area (Å²) in [6, 6.07) is 12.5. The number of benzene rings is 2. The number of piperazine rings is 1. The van der Waals surface area contributed by atoms with Gasteiger partial charge in [-0.25, -0.2) is 4.98 Å². The molecule has 0 saturated carbocycles. The van der Waals surface area contributed by atoms with Crippen molar-refractivity contribution in [2.45, 2.75) is 29.6 Å². The normalized spacial score (nSPS) is 14.6. The molecule has 0 bridgehead atoms. The van der Waals surface area contributed by atoms with E-state index < -0.39 is 0 Å². The van der Waals surface area contributed by atoms with Gasteiger partial charge in [-0.05, 0) is 23.6 Å². The molecule has 2 heterocycles. The Labute approximate surface area is 190 Å². The number of aromatic nitrogens is 1. The lowest BCUT2D eigenvalue weighted by molar-refractivity contribution is 0.588. The molecule has 1 N–H and O–H groups in total. The first-order valence-corrected chi connectivity index (χ1v) is 12.2. The van der Waals surface area contributed by atoms with Gasteiger partial charge in [-0.2, -0.15) is 0 Å². The zero-order valence-electron chi connectivity index (χ0n) is 16.4. The van der Waals surface area contributed by atoms with Crippen molar-refractivity contribution in [2.24, 2.45) is 0 Å². The van der Waals surface area contributed by atoms with Crippen LogP contribution in [-0.4, -0.2) is 31.2 Å². The molecular weight excluding hydrogens is 441 g/mol. The van der Waals surface area contributed by atoms with Crippen molar-refractivity contribution >= 4 is 51.4 Å². The second kappa shape index (κ2) is 9.27. The fraction of sp³-hybridized carbons (Fsp3) is 0.318. The molecule has 1 fully saturated rings. The maximum atomic E-state index is 6.69. The summed E-state index contributed by atoms with van der Waals surface area (Å²) < 4.78 is 0. The van der Waals surface area contributed by atoms with E-state index >= 15 is 0 Å². The smallest absolute Gasteiger partial charge is 0.185 e. The summed E-state index contributed by atoms with van der Waals surface area (Å²) in [5.41, 5.74) is 3.08. The van der Waals surface area contributed by atoms with Gasteiger partial charge in [0.05, 0.1) is 15.7 Å². The van der Waals surface area contributed by atoms with E-state index in [1.807, 2.05) is 6.07 Å². The highest BCUT2D eigenvalue weighted by Crippen LogP contribution is 2.44. The van der Waals surface area contributed by atoms with Crippen LogP contribution in [0.4, 0.5) is 5.13 Å². The predicted octanol–water partition coefficient (Wildman–Crippen LogP) is 6.80. The van der Waals surface area contributed by atoms with Crippen molar-refractivity contribution in [3.63, 3.8) is 0 Å². The highest BCUT2D eigenvalue weighted by Gasteiger charge is 2.18. The molecule has 1 aliphatic heterocycles. The largest absolute Gasteiger partial charge is 0.346 e. The van der Waals surface area contributed by atoms with E-state index in [9.17, 15) is 0 Å². The lowest BCUT2D eigenvalue weighted by Crippen LogP contribution is -2.43.